The van der Waals surface area contributed by atoms with Crippen LogP contribution in [0.3, 0.4) is 0 Å². The van der Waals surface area contributed by atoms with Crippen molar-refractivity contribution in [2.24, 2.45) is 5.10 Å². The van der Waals surface area contributed by atoms with E-state index < -0.39 is 0 Å². The van der Waals surface area contributed by atoms with Gasteiger partial charge in [-0.1, -0.05) is 0 Å². The highest BCUT2D eigenvalue weighted by molar-refractivity contribution is 7.71. The van der Waals surface area contributed by atoms with E-state index in [9.17, 15) is 5.11 Å². The molecule has 0 aliphatic carbocycles. The number of nitrogens with zero attached hydrogens (tertiary/aromatic N) is 4. The molecule has 1 heterocycles. The van der Waals surface area contributed by atoms with Gasteiger partial charge in [0.25, 0.3) is 0 Å². The molecule has 2 N–H and O–H groups in total. The van der Waals surface area contributed by atoms with Crippen LogP contribution < -0.4 is 14.4 Å². The zero-order valence-electron chi connectivity index (χ0n) is 17.4. The predicted molar refractivity (Wildman–Crippen MR) is 121 cm³/mol. The number of benzene rings is 2. The topological polar surface area (TPSA) is 87.9 Å². The molecule has 0 unspecified atom stereocenters. The highest BCUT2D eigenvalue weighted by atomic mass is 32.1. The summed E-state index contributed by atoms with van der Waals surface area (Å²) in [5.41, 5.74) is 2.28. The minimum atomic E-state index is 0.144. The zero-order valence-corrected chi connectivity index (χ0v) is 18.2. The van der Waals surface area contributed by atoms with E-state index in [4.69, 9.17) is 21.7 Å². The lowest BCUT2D eigenvalue weighted by molar-refractivity contribution is 0.355. The van der Waals surface area contributed by atoms with Crippen molar-refractivity contribution >= 4 is 24.1 Å². The van der Waals surface area contributed by atoms with Crippen molar-refractivity contribution in [3.63, 3.8) is 0 Å². The standard InChI is InChI=1S/C21H25N5O3S/c1-5-25(6-2)16-9-7-15(17(27)12-16)13-22-26-20(23-24-21(26)30)14-8-10-18(28-3)19(11-14)29-4/h7-13,27H,5-6H2,1-4H3,(H,24,30)/b22-13+. The van der Waals surface area contributed by atoms with Gasteiger partial charge in [0.15, 0.2) is 17.3 Å². The van der Waals surface area contributed by atoms with Crippen molar-refractivity contribution in [3.8, 4) is 28.6 Å². The first kappa shape index (κ1) is 21.4. The second-order valence-corrected chi connectivity index (χ2v) is 6.78. The number of methoxy groups -OCH3 is 2. The van der Waals surface area contributed by atoms with E-state index in [0.29, 0.717) is 27.7 Å². The SMILES string of the molecule is CCN(CC)c1ccc(/C=N/n2c(-c3ccc(OC)c(OC)c3)n[nH]c2=S)c(O)c1. The van der Waals surface area contributed by atoms with Crippen LogP contribution in [0, 0.1) is 4.77 Å². The highest BCUT2D eigenvalue weighted by Gasteiger charge is 2.12. The van der Waals surface area contributed by atoms with Crippen LogP contribution in [-0.4, -0.2) is 53.5 Å². The lowest BCUT2D eigenvalue weighted by atomic mass is 10.2. The first-order valence-corrected chi connectivity index (χ1v) is 9.95. The quantitative estimate of drug-likeness (QED) is 0.416. The van der Waals surface area contributed by atoms with Gasteiger partial charge in [0.1, 0.15) is 5.75 Å². The Morgan fingerprint density at radius 3 is 2.50 bits per heavy atom. The Hall–Kier alpha value is -3.33. The third kappa shape index (κ3) is 4.30. The summed E-state index contributed by atoms with van der Waals surface area (Å²) in [5, 5.41) is 21.9. The van der Waals surface area contributed by atoms with Crippen LogP contribution in [0.25, 0.3) is 11.4 Å². The minimum absolute atomic E-state index is 0.144. The maximum atomic E-state index is 10.4. The molecular weight excluding hydrogens is 402 g/mol. The summed E-state index contributed by atoms with van der Waals surface area (Å²) in [5.74, 6) is 1.84. The lowest BCUT2D eigenvalue weighted by Crippen LogP contribution is -2.21. The van der Waals surface area contributed by atoms with Crippen LogP contribution in [-0.2, 0) is 0 Å². The smallest absolute Gasteiger partial charge is 0.216 e. The van der Waals surface area contributed by atoms with Crippen LogP contribution >= 0.6 is 12.2 Å². The second kappa shape index (κ2) is 9.45. The molecule has 3 aromatic rings. The van der Waals surface area contributed by atoms with Gasteiger partial charge in [0, 0.05) is 36.0 Å². The molecule has 0 radical (unpaired) electrons. The fourth-order valence-corrected chi connectivity index (χ4v) is 3.29. The summed E-state index contributed by atoms with van der Waals surface area (Å²) in [6.45, 7) is 5.88. The van der Waals surface area contributed by atoms with Crippen LogP contribution in [0.2, 0.25) is 0 Å². The van der Waals surface area contributed by atoms with Crippen molar-refractivity contribution in [2.75, 3.05) is 32.2 Å². The van der Waals surface area contributed by atoms with Crippen LogP contribution in [0.5, 0.6) is 17.2 Å². The molecule has 0 atom stereocenters. The molecule has 30 heavy (non-hydrogen) atoms. The number of phenolic OH excluding ortho intramolecular Hbond substituents is 1. The Labute approximate surface area is 180 Å². The average molecular weight is 428 g/mol. The lowest BCUT2D eigenvalue weighted by Gasteiger charge is -2.21. The molecule has 0 saturated heterocycles. The number of anilines is 1. The third-order valence-electron chi connectivity index (χ3n) is 4.75. The maximum Gasteiger partial charge on any atom is 0.216 e. The molecule has 0 amide bonds. The normalized spacial score (nSPS) is 11.1. The van der Waals surface area contributed by atoms with Gasteiger partial charge in [-0.05, 0) is 56.4 Å². The first-order chi connectivity index (χ1) is 14.5. The number of rotatable bonds is 8. The monoisotopic (exact) mass is 427 g/mol. The largest absolute Gasteiger partial charge is 0.507 e. The number of hydrogen-bond acceptors (Lipinski definition) is 7. The van der Waals surface area contributed by atoms with E-state index in [0.717, 1.165) is 24.3 Å². The van der Waals surface area contributed by atoms with Crippen molar-refractivity contribution in [2.45, 2.75) is 13.8 Å². The van der Waals surface area contributed by atoms with E-state index in [2.05, 4.69) is 34.0 Å². The van der Waals surface area contributed by atoms with Gasteiger partial charge in [-0.2, -0.15) is 14.9 Å². The first-order valence-electron chi connectivity index (χ1n) is 9.54. The number of aromatic hydroxyl groups is 1. The Balaban J connectivity index is 1.95. The average Bonchev–Trinajstić information content (AvgIpc) is 3.13. The van der Waals surface area contributed by atoms with Crippen LogP contribution in [0.15, 0.2) is 41.5 Å². The second-order valence-electron chi connectivity index (χ2n) is 6.39. The van der Waals surface area contributed by atoms with Crippen LogP contribution in [0.4, 0.5) is 5.69 Å². The Morgan fingerprint density at radius 2 is 1.87 bits per heavy atom. The van der Waals surface area contributed by atoms with E-state index in [1.807, 2.05) is 18.2 Å². The fraction of sp³-hybridized carbons (Fsp3) is 0.286. The Kier molecular flexibility index (Phi) is 6.73. The molecule has 0 aliphatic heterocycles. The molecule has 1 aromatic heterocycles. The summed E-state index contributed by atoms with van der Waals surface area (Å²) in [7, 11) is 3.15. The van der Waals surface area contributed by atoms with Gasteiger partial charge in [0.05, 0.1) is 20.4 Å². The van der Waals surface area contributed by atoms with Crippen molar-refractivity contribution in [3.05, 3.63) is 46.7 Å². The number of ether oxygens (including phenoxy) is 2. The molecule has 9 heteroatoms. The highest BCUT2D eigenvalue weighted by Crippen LogP contribution is 2.31. The summed E-state index contributed by atoms with van der Waals surface area (Å²) < 4.78 is 12.5. The molecule has 0 saturated carbocycles. The van der Waals surface area contributed by atoms with E-state index in [-0.39, 0.29) is 5.75 Å². The summed E-state index contributed by atoms with van der Waals surface area (Å²) in [6.07, 6.45) is 1.55. The number of phenols is 1. The Bertz CT molecular complexity index is 1100. The number of H-pyrrole nitrogens is 1. The number of nitrogens with one attached hydrogen (secondary N) is 1. The Morgan fingerprint density at radius 1 is 1.13 bits per heavy atom. The van der Waals surface area contributed by atoms with E-state index in [1.165, 1.54) is 4.68 Å². The molecule has 0 bridgehead atoms. The van der Waals surface area contributed by atoms with Gasteiger partial charge in [-0.15, -0.1) is 0 Å². The van der Waals surface area contributed by atoms with Crippen LogP contribution in [0.1, 0.15) is 19.4 Å². The summed E-state index contributed by atoms with van der Waals surface area (Å²) in [6, 6.07) is 10.9. The predicted octanol–water partition coefficient (Wildman–Crippen LogP) is 4.06. The molecule has 2 aromatic carbocycles. The van der Waals surface area contributed by atoms with E-state index >= 15 is 0 Å². The molecule has 0 fully saturated rings. The van der Waals surface area contributed by atoms with Gasteiger partial charge in [-0.3, -0.25) is 0 Å². The summed E-state index contributed by atoms with van der Waals surface area (Å²) >= 11 is 5.32. The third-order valence-corrected chi connectivity index (χ3v) is 5.01. The van der Waals surface area contributed by atoms with Crippen molar-refractivity contribution in [1.29, 1.82) is 0 Å². The number of hydrogen-bond donors (Lipinski definition) is 2. The molecule has 8 nitrogen and oxygen atoms in total. The van der Waals surface area contributed by atoms with Gasteiger partial charge >= 0.3 is 0 Å². The number of aromatic amines is 1. The van der Waals surface area contributed by atoms with Crippen molar-refractivity contribution in [1.82, 2.24) is 14.9 Å². The van der Waals surface area contributed by atoms with Gasteiger partial charge in [-0.25, -0.2) is 5.10 Å². The maximum absolute atomic E-state index is 10.4. The zero-order chi connectivity index (χ0) is 21.7. The molecule has 3 rings (SSSR count). The molecular formula is C21H25N5O3S. The number of aromatic nitrogens is 3. The fourth-order valence-electron chi connectivity index (χ4n) is 3.11. The summed E-state index contributed by atoms with van der Waals surface area (Å²) in [4.78, 5) is 2.15. The van der Waals surface area contributed by atoms with Gasteiger partial charge < -0.3 is 19.5 Å². The van der Waals surface area contributed by atoms with E-state index in [1.54, 1.807) is 38.6 Å². The van der Waals surface area contributed by atoms with Crippen molar-refractivity contribution < 1.29 is 14.6 Å². The molecule has 158 valence electrons. The molecule has 0 aliphatic rings. The molecule has 0 spiro atoms. The van der Waals surface area contributed by atoms with Gasteiger partial charge in [0.2, 0.25) is 4.77 Å². The minimum Gasteiger partial charge on any atom is -0.507 e.